The van der Waals surface area contributed by atoms with E-state index in [0.717, 1.165) is 63.2 Å². The van der Waals surface area contributed by atoms with Gasteiger partial charge in [0.25, 0.3) is 0 Å². The molecule has 3 aromatic carbocycles. The minimum Gasteiger partial charge on any atom is -0.501 e. The van der Waals surface area contributed by atoms with E-state index in [-0.39, 0.29) is 25.9 Å². The summed E-state index contributed by atoms with van der Waals surface area (Å²) in [5.41, 5.74) is 8.21. The normalized spacial score (nSPS) is 13.5. The van der Waals surface area contributed by atoms with Gasteiger partial charge in [-0.05, 0) is 53.4 Å². The van der Waals surface area contributed by atoms with Gasteiger partial charge in [0, 0.05) is 43.7 Å². The zero-order valence-electron chi connectivity index (χ0n) is 28.0. The summed E-state index contributed by atoms with van der Waals surface area (Å²) in [4.78, 5) is 9.21. The van der Waals surface area contributed by atoms with Crippen LogP contribution in [0.4, 0.5) is 4.39 Å². The molecule has 1 saturated carbocycles. The third-order valence-electron chi connectivity index (χ3n) is 8.89. The van der Waals surface area contributed by atoms with Crippen LogP contribution < -0.4 is 5.19 Å². The van der Waals surface area contributed by atoms with Crippen molar-refractivity contribution in [2.45, 2.75) is 72.0 Å². The van der Waals surface area contributed by atoms with Gasteiger partial charge in [-0.15, -0.1) is 48.0 Å². The van der Waals surface area contributed by atoms with Gasteiger partial charge in [-0.25, -0.2) is 0 Å². The molecule has 0 unspecified atom stereocenters. The fourth-order valence-electron chi connectivity index (χ4n) is 6.66. The number of aromatic nitrogens is 2. The van der Waals surface area contributed by atoms with E-state index in [0.29, 0.717) is 5.92 Å². The predicted octanol–water partition coefficient (Wildman–Crippen LogP) is 10.6. The van der Waals surface area contributed by atoms with Crippen molar-refractivity contribution in [3.05, 3.63) is 114 Å². The second-order valence-corrected chi connectivity index (χ2v) is 19.1. The molecule has 7 rings (SSSR count). The Morgan fingerprint density at radius 2 is 1.70 bits per heavy atom. The average Bonchev–Trinajstić information content (AvgIpc) is 3.69. The van der Waals surface area contributed by atoms with E-state index in [1.165, 1.54) is 54.1 Å². The van der Waals surface area contributed by atoms with E-state index in [9.17, 15) is 4.39 Å². The summed E-state index contributed by atoms with van der Waals surface area (Å²) in [6.45, 7) is 11.5. The van der Waals surface area contributed by atoms with Crippen molar-refractivity contribution in [3.63, 3.8) is 0 Å². The van der Waals surface area contributed by atoms with Crippen LogP contribution >= 0.6 is 0 Å². The zero-order chi connectivity index (χ0) is 32.3. The fourth-order valence-corrected chi connectivity index (χ4v) is 8.25. The number of para-hydroxylation sites is 1. The maximum atomic E-state index is 13.0. The maximum Gasteiger partial charge on any atom is 0.120 e. The summed E-state index contributed by atoms with van der Waals surface area (Å²) in [6, 6.07) is 29.7. The Bertz CT molecular complexity index is 1940. The van der Waals surface area contributed by atoms with Crippen molar-refractivity contribution in [1.29, 1.82) is 0 Å². The van der Waals surface area contributed by atoms with E-state index in [2.05, 4.69) is 85.9 Å². The van der Waals surface area contributed by atoms with Crippen molar-refractivity contribution in [2.24, 2.45) is 11.8 Å². The molecule has 1 aliphatic carbocycles. The van der Waals surface area contributed by atoms with E-state index >= 15 is 0 Å². The minimum absolute atomic E-state index is 0. The van der Waals surface area contributed by atoms with Crippen LogP contribution in [0.15, 0.2) is 89.6 Å². The second kappa shape index (κ2) is 15.2. The molecule has 6 aromatic rings. The molecule has 0 spiro atoms. The Balaban J connectivity index is 0.000000184. The van der Waals surface area contributed by atoms with Crippen molar-refractivity contribution >= 4 is 35.2 Å². The number of pyridine rings is 2. The Morgan fingerprint density at radius 1 is 0.915 bits per heavy atom. The summed E-state index contributed by atoms with van der Waals surface area (Å²) >= 11 is 0. The largest absolute Gasteiger partial charge is 0.501 e. The molecule has 6 heteroatoms. The summed E-state index contributed by atoms with van der Waals surface area (Å²) in [7, 11) is -1.41. The van der Waals surface area contributed by atoms with Gasteiger partial charge in [0.2, 0.25) is 0 Å². The number of benzene rings is 3. The summed E-state index contributed by atoms with van der Waals surface area (Å²) in [6.07, 6.45) is 11.7. The summed E-state index contributed by atoms with van der Waals surface area (Å²) < 4.78 is 19.2. The maximum absolute atomic E-state index is 13.0. The molecular weight excluding hydrogens is 776 g/mol. The molecule has 1 aliphatic rings. The van der Waals surface area contributed by atoms with Crippen LogP contribution in [0.5, 0.6) is 0 Å². The molecule has 3 aromatic heterocycles. The van der Waals surface area contributed by atoms with E-state index in [1.54, 1.807) is 6.07 Å². The van der Waals surface area contributed by atoms with Crippen molar-refractivity contribution in [3.8, 4) is 22.5 Å². The van der Waals surface area contributed by atoms with E-state index in [1.807, 2.05) is 36.7 Å². The van der Waals surface area contributed by atoms with Crippen LogP contribution in [0.3, 0.4) is 0 Å². The Labute approximate surface area is 293 Å². The molecule has 0 aliphatic heterocycles. The standard InChI is InChI=1S/C23H20NO.C18H23FNSi.Ir/c1-2-7-16(6-1)14-17-12-13-24-21(15-17)20-10-5-9-19-18-8-3-4-11-22(18)25-23(19)20;1-13(2)10-15-11-17(14-6-8-16(19)9-7-14)20-12-18(15)21(3,4)5;/h3-5,8-9,11-13,15-16H,1-2,6-7,14H2;6,8-9,11-13H,10H2,1-5H3;/q2*-1;. The van der Waals surface area contributed by atoms with Gasteiger partial charge < -0.3 is 14.4 Å². The summed E-state index contributed by atoms with van der Waals surface area (Å²) in [5, 5.41) is 3.70. The van der Waals surface area contributed by atoms with E-state index in [4.69, 9.17) is 4.42 Å². The Hall–Kier alpha value is -3.44. The molecule has 0 saturated heterocycles. The minimum atomic E-state index is -1.41. The van der Waals surface area contributed by atoms with Crippen LogP contribution in [0, 0.1) is 29.8 Å². The molecular formula is C41H43FIrN2OSi-2. The quantitative estimate of drug-likeness (QED) is 0.119. The third kappa shape index (κ3) is 8.35. The molecule has 0 amide bonds. The first kappa shape index (κ1) is 34.9. The van der Waals surface area contributed by atoms with Gasteiger partial charge >= 0.3 is 0 Å². The molecule has 0 atom stereocenters. The Morgan fingerprint density at radius 3 is 2.43 bits per heavy atom. The number of furan rings is 1. The third-order valence-corrected chi connectivity index (χ3v) is 11.0. The number of fused-ring (bicyclic) bond motifs is 3. The first-order valence-corrected chi connectivity index (χ1v) is 20.1. The van der Waals surface area contributed by atoms with Crippen molar-refractivity contribution in [1.82, 2.24) is 9.97 Å². The van der Waals surface area contributed by atoms with Crippen LogP contribution in [0.1, 0.15) is 50.7 Å². The molecule has 3 heterocycles. The van der Waals surface area contributed by atoms with Crippen LogP contribution in [0.2, 0.25) is 19.6 Å². The van der Waals surface area contributed by atoms with Crippen molar-refractivity contribution < 1.29 is 28.9 Å². The summed E-state index contributed by atoms with van der Waals surface area (Å²) in [5.74, 6) is 1.17. The molecule has 47 heavy (non-hydrogen) atoms. The smallest absolute Gasteiger partial charge is 0.120 e. The van der Waals surface area contributed by atoms with Crippen LogP contribution in [-0.4, -0.2) is 18.0 Å². The SMILES string of the molecule is CC(C)Cc1cc(-c2[c-]cc(F)cc2)ncc1[Si](C)(C)C.[Ir].[c-]1ccc2c(oc3ccccc32)c1-c1cc(CC2CCCC2)ccn1. The van der Waals surface area contributed by atoms with Gasteiger partial charge in [0.1, 0.15) is 5.58 Å². The average molecular weight is 819 g/mol. The zero-order valence-corrected chi connectivity index (χ0v) is 31.4. The predicted molar refractivity (Wildman–Crippen MR) is 191 cm³/mol. The molecule has 1 radical (unpaired) electrons. The molecule has 0 bridgehead atoms. The van der Waals surface area contributed by atoms with E-state index < -0.39 is 8.07 Å². The van der Waals surface area contributed by atoms with Crippen LogP contribution in [-0.2, 0) is 32.9 Å². The number of hydrogen-bond acceptors (Lipinski definition) is 3. The first-order valence-electron chi connectivity index (χ1n) is 16.6. The molecule has 1 fully saturated rings. The number of hydrogen-bond donors (Lipinski definition) is 0. The molecule has 245 valence electrons. The molecule has 3 nitrogen and oxygen atoms in total. The van der Waals surface area contributed by atoms with Gasteiger partial charge in [-0.2, -0.15) is 0 Å². The van der Waals surface area contributed by atoms with Gasteiger partial charge in [0.05, 0.1) is 13.7 Å². The topological polar surface area (TPSA) is 38.9 Å². The first-order chi connectivity index (χ1) is 22.2. The number of halogens is 1. The van der Waals surface area contributed by atoms with Crippen molar-refractivity contribution in [2.75, 3.05) is 0 Å². The van der Waals surface area contributed by atoms with Gasteiger partial charge in [-0.3, -0.25) is 4.39 Å². The van der Waals surface area contributed by atoms with Crippen LogP contribution in [0.25, 0.3) is 44.5 Å². The second-order valence-electron chi connectivity index (χ2n) is 14.1. The number of nitrogens with zero attached hydrogens (tertiary/aromatic N) is 2. The number of rotatable bonds is 7. The van der Waals surface area contributed by atoms with Gasteiger partial charge in [0.15, 0.2) is 0 Å². The monoisotopic (exact) mass is 819 g/mol. The molecule has 0 N–H and O–H groups in total. The Kier molecular flexibility index (Phi) is 11.3. The van der Waals surface area contributed by atoms with Gasteiger partial charge in [-0.1, -0.05) is 112 Å². The fraction of sp³-hybridized carbons (Fsp3) is 0.317.